The highest BCUT2D eigenvalue weighted by Crippen LogP contribution is 2.25. The molecule has 2 rings (SSSR count). The average molecular weight is 427 g/mol. The van der Waals surface area contributed by atoms with E-state index in [1.165, 1.54) is 26.4 Å². The Hall–Kier alpha value is -2.86. The number of unbranched alkanes of at least 4 members (excludes halogenated alkanes) is 4. The molecule has 0 bridgehead atoms. The van der Waals surface area contributed by atoms with Gasteiger partial charge in [0.2, 0.25) is 0 Å². The van der Waals surface area contributed by atoms with E-state index >= 15 is 0 Å². The van der Waals surface area contributed by atoms with E-state index < -0.39 is 12.1 Å². The van der Waals surface area contributed by atoms with Gasteiger partial charge in [0.05, 0.1) is 7.11 Å². The Balaban J connectivity index is 1.96. The third-order valence-electron chi connectivity index (χ3n) is 5.28. The van der Waals surface area contributed by atoms with Gasteiger partial charge >= 0.3 is 12.0 Å². The monoisotopic (exact) mass is 426 g/mol. The van der Waals surface area contributed by atoms with Crippen molar-refractivity contribution in [3.63, 3.8) is 0 Å². The molecule has 31 heavy (non-hydrogen) atoms. The largest absolute Gasteiger partial charge is 0.467 e. The Morgan fingerprint density at radius 2 is 1.74 bits per heavy atom. The van der Waals surface area contributed by atoms with Crippen LogP contribution in [0.1, 0.15) is 44.6 Å². The zero-order valence-electron chi connectivity index (χ0n) is 18.8. The first-order valence-electron chi connectivity index (χ1n) is 10.9. The lowest BCUT2D eigenvalue weighted by Crippen LogP contribution is -2.37. The fourth-order valence-electron chi connectivity index (χ4n) is 3.33. The molecule has 0 aromatic heterocycles. The van der Waals surface area contributed by atoms with Gasteiger partial charge < -0.3 is 15.2 Å². The molecule has 0 fully saturated rings. The van der Waals surface area contributed by atoms with Crippen LogP contribution in [-0.4, -0.2) is 43.9 Å². The SMILES string of the molecule is CCCCCCCNC(=O)N(C)c1cccc(-c2ccc(C[C@H](O)C(=O)OC)cc2)c1. The number of anilines is 1. The number of rotatable bonds is 11. The Morgan fingerprint density at radius 1 is 1.03 bits per heavy atom. The van der Waals surface area contributed by atoms with Crippen LogP contribution in [0, 0.1) is 0 Å². The minimum atomic E-state index is -1.17. The fraction of sp³-hybridized carbons (Fsp3) is 0.440. The highest BCUT2D eigenvalue weighted by molar-refractivity contribution is 5.92. The number of hydrogen-bond donors (Lipinski definition) is 2. The van der Waals surface area contributed by atoms with Crippen LogP contribution in [0.25, 0.3) is 11.1 Å². The van der Waals surface area contributed by atoms with Gasteiger partial charge in [-0.05, 0) is 35.2 Å². The predicted octanol–water partition coefficient (Wildman–Crippen LogP) is 4.55. The van der Waals surface area contributed by atoms with E-state index in [-0.39, 0.29) is 12.5 Å². The summed E-state index contributed by atoms with van der Waals surface area (Å²) < 4.78 is 4.55. The molecule has 0 aliphatic heterocycles. The van der Waals surface area contributed by atoms with E-state index in [0.29, 0.717) is 6.54 Å². The molecule has 2 amide bonds. The summed E-state index contributed by atoms with van der Waals surface area (Å²) in [6.45, 7) is 2.88. The number of carbonyl (C=O) groups is 2. The molecule has 0 unspecified atom stereocenters. The van der Waals surface area contributed by atoms with E-state index in [1.54, 1.807) is 11.9 Å². The number of ether oxygens (including phenoxy) is 1. The van der Waals surface area contributed by atoms with E-state index in [0.717, 1.165) is 35.2 Å². The molecule has 1 atom stereocenters. The molecular weight excluding hydrogens is 392 g/mol. The van der Waals surface area contributed by atoms with Crippen LogP contribution >= 0.6 is 0 Å². The predicted molar refractivity (Wildman–Crippen MR) is 124 cm³/mol. The molecule has 0 aliphatic carbocycles. The second-order valence-electron chi connectivity index (χ2n) is 7.70. The Bertz CT molecular complexity index is 836. The van der Waals surface area contributed by atoms with Crippen molar-refractivity contribution in [1.82, 2.24) is 5.32 Å². The van der Waals surface area contributed by atoms with Gasteiger partial charge in [-0.25, -0.2) is 9.59 Å². The van der Waals surface area contributed by atoms with Crippen LogP contribution < -0.4 is 10.2 Å². The molecule has 168 valence electrons. The highest BCUT2D eigenvalue weighted by Gasteiger charge is 2.16. The molecular formula is C25H34N2O4. The normalized spacial score (nSPS) is 11.6. The smallest absolute Gasteiger partial charge is 0.335 e. The van der Waals surface area contributed by atoms with E-state index in [9.17, 15) is 14.7 Å². The van der Waals surface area contributed by atoms with Crippen molar-refractivity contribution in [1.29, 1.82) is 0 Å². The van der Waals surface area contributed by atoms with Crippen LogP contribution in [0.3, 0.4) is 0 Å². The molecule has 0 radical (unpaired) electrons. The molecule has 6 nitrogen and oxygen atoms in total. The van der Waals surface area contributed by atoms with Crippen LogP contribution in [0.4, 0.5) is 10.5 Å². The summed E-state index contributed by atoms with van der Waals surface area (Å²) in [6.07, 6.45) is 4.84. The van der Waals surface area contributed by atoms with Crippen molar-refractivity contribution in [3.05, 3.63) is 54.1 Å². The van der Waals surface area contributed by atoms with Gasteiger partial charge in [-0.1, -0.05) is 69.0 Å². The molecule has 0 aliphatic rings. The Kier molecular flexibility index (Phi) is 10.0. The number of urea groups is 1. The Morgan fingerprint density at radius 3 is 2.42 bits per heavy atom. The van der Waals surface area contributed by atoms with Crippen LogP contribution in [-0.2, 0) is 16.0 Å². The molecule has 2 aromatic rings. The second kappa shape index (κ2) is 12.7. The van der Waals surface area contributed by atoms with E-state index in [1.807, 2.05) is 48.5 Å². The number of carbonyl (C=O) groups excluding carboxylic acids is 2. The number of amides is 2. The summed E-state index contributed by atoms with van der Waals surface area (Å²) >= 11 is 0. The van der Waals surface area contributed by atoms with Gasteiger partial charge in [0.15, 0.2) is 6.10 Å². The van der Waals surface area contributed by atoms with Crippen LogP contribution in [0.2, 0.25) is 0 Å². The summed E-state index contributed by atoms with van der Waals surface area (Å²) in [6, 6.07) is 15.3. The molecule has 0 heterocycles. The van der Waals surface area contributed by atoms with Crippen LogP contribution in [0.5, 0.6) is 0 Å². The maximum Gasteiger partial charge on any atom is 0.335 e. The van der Waals surface area contributed by atoms with Gasteiger partial charge in [-0.15, -0.1) is 0 Å². The minimum absolute atomic E-state index is 0.111. The Labute approximate surface area is 185 Å². The van der Waals surface area contributed by atoms with Crippen molar-refractivity contribution < 1.29 is 19.4 Å². The first kappa shape index (κ1) is 24.4. The molecule has 2 N–H and O–H groups in total. The fourth-order valence-corrected chi connectivity index (χ4v) is 3.33. The first-order chi connectivity index (χ1) is 15.0. The van der Waals surface area contributed by atoms with Gasteiger partial charge in [-0.3, -0.25) is 4.90 Å². The molecule has 0 spiro atoms. The zero-order chi connectivity index (χ0) is 22.6. The molecule has 0 saturated carbocycles. The first-order valence-corrected chi connectivity index (χ1v) is 10.9. The summed E-state index contributed by atoms with van der Waals surface area (Å²) in [5.74, 6) is -0.640. The van der Waals surface area contributed by atoms with Crippen molar-refractivity contribution in [2.75, 3.05) is 25.6 Å². The number of nitrogens with zero attached hydrogens (tertiary/aromatic N) is 1. The van der Waals surface area contributed by atoms with E-state index in [2.05, 4.69) is 17.0 Å². The van der Waals surface area contributed by atoms with E-state index in [4.69, 9.17) is 0 Å². The zero-order valence-corrected chi connectivity index (χ0v) is 18.8. The number of esters is 1. The van der Waals surface area contributed by atoms with Crippen molar-refractivity contribution >= 4 is 17.7 Å². The summed E-state index contributed by atoms with van der Waals surface area (Å²) in [5.41, 5.74) is 3.62. The standard InChI is InChI=1S/C25H34N2O4/c1-4-5-6-7-8-16-26-25(30)27(2)22-11-9-10-21(18-22)20-14-12-19(13-15-20)17-23(28)24(29)31-3/h9-15,18,23,28H,4-8,16-17H2,1-3H3,(H,26,30)/t23-/m0/s1. The minimum Gasteiger partial charge on any atom is -0.467 e. The lowest BCUT2D eigenvalue weighted by Gasteiger charge is -2.19. The molecule has 6 heteroatoms. The van der Waals surface area contributed by atoms with Crippen molar-refractivity contribution in [2.45, 2.75) is 51.6 Å². The third kappa shape index (κ3) is 7.72. The maximum atomic E-state index is 12.5. The van der Waals surface area contributed by atoms with Gasteiger partial charge in [0, 0.05) is 25.7 Å². The lowest BCUT2D eigenvalue weighted by molar-refractivity contribution is -0.150. The summed E-state index contributed by atoms with van der Waals surface area (Å²) in [7, 11) is 3.02. The number of nitrogens with one attached hydrogen (secondary N) is 1. The second-order valence-corrected chi connectivity index (χ2v) is 7.70. The van der Waals surface area contributed by atoms with Crippen molar-refractivity contribution in [2.24, 2.45) is 0 Å². The lowest BCUT2D eigenvalue weighted by atomic mass is 10.0. The number of benzene rings is 2. The van der Waals surface area contributed by atoms with Gasteiger partial charge in [-0.2, -0.15) is 0 Å². The van der Waals surface area contributed by atoms with Gasteiger partial charge in [0.1, 0.15) is 0 Å². The van der Waals surface area contributed by atoms with Gasteiger partial charge in [0.25, 0.3) is 0 Å². The number of hydrogen-bond acceptors (Lipinski definition) is 4. The number of aliphatic hydroxyl groups is 1. The molecule has 2 aromatic carbocycles. The summed E-state index contributed by atoms with van der Waals surface area (Å²) in [4.78, 5) is 25.5. The van der Waals surface area contributed by atoms with Crippen molar-refractivity contribution in [3.8, 4) is 11.1 Å². The quantitative estimate of drug-likeness (QED) is 0.408. The average Bonchev–Trinajstić information content (AvgIpc) is 2.80. The highest BCUT2D eigenvalue weighted by atomic mass is 16.5. The third-order valence-corrected chi connectivity index (χ3v) is 5.28. The topological polar surface area (TPSA) is 78.9 Å². The molecule has 0 saturated heterocycles. The summed E-state index contributed by atoms with van der Waals surface area (Å²) in [5, 5.41) is 12.8. The maximum absolute atomic E-state index is 12.5. The van der Waals surface area contributed by atoms with Crippen LogP contribution in [0.15, 0.2) is 48.5 Å². The number of aliphatic hydroxyl groups excluding tert-OH is 1. The number of methoxy groups -OCH3 is 1.